The summed E-state index contributed by atoms with van der Waals surface area (Å²) in [6, 6.07) is 19.2. The Labute approximate surface area is 159 Å². The van der Waals surface area contributed by atoms with Crippen LogP contribution in [0.3, 0.4) is 0 Å². The largest absolute Gasteiger partial charge is 0.460 e. The van der Waals surface area contributed by atoms with Gasteiger partial charge in [-0.2, -0.15) is 0 Å². The van der Waals surface area contributed by atoms with Crippen LogP contribution in [0.1, 0.15) is 30.4 Å². The minimum Gasteiger partial charge on any atom is -0.460 e. The van der Waals surface area contributed by atoms with Gasteiger partial charge in [0.15, 0.2) is 0 Å². The maximum Gasteiger partial charge on any atom is 0.347 e. The number of fused-ring (bicyclic) bond motifs is 5. The Kier molecular flexibility index (Phi) is 3.88. The van der Waals surface area contributed by atoms with Gasteiger partial charge in [0.1, 0.15) is 6.10 Å². The number of nitrogens with zero attached hydrogens (tertiary/aromatic N) is 1. The number of benzene rings is 2. The fourth-order valence-corrected chi connectivity index (χ4v) is 5.38. The molecule has 3 fully saturated rings. The molecule has 2 heterocycles. The Bertz CT molecular complexity index is 780. The summed E-state index contributed by atoms with van der Waals surface area (Å²) in [5.41, 5.74) is -0.701. The van der Waals surface area contributed by atoms with E-state index in [0.29, 0.717) is 23.2 Å². The zero-order valence-electron chi connectivity index (χ0n) is 15.5. The minimum atomic E-state index is -1.78. The molecular formula is C23H25NO3. The molecule has 140 valence electrons. The van der Waals surface area contributed by atoms with Crippen LogP contribution in [-0.4, -0.2) is 41.2 Å². The smallest absolute Gasteiger partial charge is 0.347 e. The highest BCUT2D eigenvalue weighted by atomic mass is 16.6. The number of carbonyl (C=O) groups excluding carboxylic acids is 1. The maximum atomic E-state index is 13.3. The third-order valence-electron chi connectivity index (χ3n) is 6.89. The summed E-state index contributed by atoms with van der Waals surface area (Å²) in [5.74, 6) is 0.999. The van der Waals surface area contributed by atoms with Gasteiger partial charge in [-0.15, -0.1) is 0 Å². The number of piperidine rings is 2. The molecule has 27 heavy (non-hydrogen) atoms. The SMILES string of the molecule is CN1C2CC(OC(=O)C(O)(c3ccccc3)c3ccccc3)CC1C1CC12. The van der Waals surface area contributed by atoms with Crippen molar-refractivity contribution in [2.45, 2.75) is 43.1 Å². The zero-order valence-corrected chi connectivity index (χ0v) is 15.5. The molecule has 1 aliphatic carbocycles. The van der Waals surface area contributed by atoms with Crippen molar-refractivity contribution in [3.8, 4) is 0 Å². The molecule has 0 amide bonds. The van der Waals surface area contributed by atoms with E-state index in [1.54, 1.807) is 24.3 Å². The van der Waals surface area contributed by atoms with Crippen molar-refractivity contribution >= 4 is 5.97 Å². The Balaban J connectivity index is 1.42. The van der Waals surface area contributed by atoms with E-state index in [2.05, 4.69) is 11.9 Å². The van der Waals surface area contributed by atoms with Crippen LogP contribution in [0.4, 0.5) is 0 Å². The van der Waals surface area contributed by atoms with Gasteiger partial charge >= 0.3 is 5.97 Å². The number of esters is 1. The number of hydrogen-bond acceptors (Lipinski definition) is 4. The summed E-state index contributed by atoms with van der Waals surface area (Å²) in [6.45, 7) is 0. The fourth-order valence-electron chi connectivity index (χ4n) is 5.38. The Morgan fingerprint density at radius 2 is 1.41 bits per heavy atom. The van der Waals surface area contributed by atoms with E-state index in [0.717, 1.165) is 24.7 Å². The summed E-state index contributed by atoms with van der Waals surface area (Å²) in [5, 5.41) is 11.5. The van der Waals surface area contributed by atoms with Gasteiger partial charge < -0.3 is 9.84 Å². The molecular weight excluding hydrogens is 338 g/mol. The summed E-state index contributed by atoms with van der Waals surface area (Å²) in [4.78, 5) is 15.7. The van der Waals surface area contributed by atoms with E-state index in [4.69, 9.17) is 4.74 Å². The van der Waals surface area contributed by atoms with Crippen molar-refractivity contribution in [1.29, 1.82) is 0 Å². The fraction of sp³-hybridized carbons (Fsp3) is 0.435. The molecule has 2 bridgehead atoms. The molecule has 4 unspecified atom stereocenters. The molecule has 4 nitrogen and oxygen atoms in total. The first-order valence-corrected chi connectivity index (χ1v) is 9.85. The molecule has 2 aromatic rings. The molecule has 0 radical (unpaired) electrons. The lowest BCUT2D eigenvalue weighted by Gasteiger charge is -2.39. The highest BCUT2D eigenvalue weighted by molar-refractivity contribution is 5.85. The second-order valence-electron chi connectivity index (χ2n) is 8.30. The second-order valence-corrected chi connectivity index (χ2v) is 8.30. The van der Waals surface area contributed by atoms with Crippen molar-refractivity contribution < 1.29 is 14.6 Å². The Morgan fingerprint density at radius 1 is 0.926 bits per heavy atom. The number of rotatable bonds is 4. The van der Waals surface area contributed by atoms with Crippen molar-refractivity contribution in [3.63, 3.8) is 0 Å². The number of hydrogen-bond donors (Lipinski definition) is 1. The van der Waals surface area contributed by atoms with Gasteiger partial charge in [-0.05, 0) is 36.4 Å². The minimum absolute atomic E-state index is 0.115. The first kappa shape index (κ1) is 17.0. The number of carbonyl (C=O) groups is 1. The molecule has 2 aliphatic heterocycles. The van der Waals surface area contributed by atoms with Crippen LogP contribution in [0.15, 0.2) is 60.7 Å². The number of aliphatic hydroxyl groups is 1. The second kappa shape index (κ2) is 6.18. The summed E-state index contributed by atoms with van der Waals surface area (Å²) in [7, 11) is 2.20. The van der Waals surface area contributed by atoms with Crippen molar-refractivity contribution in [3.05, 3.63) is 71.8 Å². The lowest BCUT2D eigenvalue weighted by Crippen LogP contribution is -2.48. The third-order valence-corrected chi connectivity index (χ3v) is 6.89. The van der Waals surface area contributed by atoms with Crippen molar-refractivity contribution in [2.24, 2.45) is 11.8 Å². The molecule has 0 aromatic heterocycles. The van der Waals surface area contributed by atoms with Gasteiger partial charge in [0.25, 0.3) is 0 Å². The lowest BCUT2D eigenvalue weighted by atomic mass is 9.86. The van der Waals surface area contributed by atoms with E-state index >= 15 is 0 Å². The highest BCUT2D eigenvalue weighted by Gasteiger charge is 2.61. The predicted octanol–water partition coefficient (Wildman–Crippen LogP) is 2.95. The van der Waals surface area contributed by atoms with Crippen molar-refractivity contribution in [2.75, 3.05) is 7.05 Å². The molecule has 4 heteroatoms. The molecule has 5 rings (SSSR count). The summed E-state index contributed by atoms with van der Waals surface area (Å²) >= 11 is 0. The van der Waals surface area contributed by atoms with Gasteiger partial charge in [-0.25, -0.2) is 4.79 Å². The Hall–Kier alpha value is -2.17. The van der Waals surface area contributed by atoms with Crippen molar-refractivity contribution in [1.82, 2.24) is 4.90 Å². The van der Waals surface area contributed by atoms with Crippen LogP contribution in [0, 0.1) is 11.8 Å². The van der Waals surface area contributed by atoms with E-state index in [-0.39, 0.29) is 6.10 Å². The average molecular weight is 363 g/mol. The highest BCUT2D eigenvalue weighted by Crippen LogP contribution is 2.58. The monoisotopic (exact) mass is 363 g/mol. The first-order valence-electron chi connectivity index (χ1n) is 9.85. The molecule has 4 atom stereocenters. The average Bonchev–Trinajstić information content (AvgIpc) is 3.47. The van der Waals surface area contributed by atoms with Gasteiger partial charge in [-0.3, -0.25) is 4.90 Å². The number of ether oxygens (including phenoxy) is 1. The molecule has 1 saturated carbocycles. The quantitative estimate of drug-likeness (QED) is 0.849. The summed E-state index contributed by atoms with van der Waals surface area (Å²) < 4.78 is 5.95. The molecule has 1 N–H and O–H groups in total. The van der Waals surface area contributed by atoms with Crippen LogP contribution >= 0.6 is 0 Å². The van der Waals surface area contributed by atoms with E-state index in [9.17, 15) is 9.90 Å². The van der Waals surface area contributed by atoms with Crippen LogP contribution in [0.25, 0.3) is 0 Å². The standard InChI is InChI=1S/C23H25NO3/c1-24-20-12-17(13-21(24)19-14-18(19)20)27-22(25)23(26,15-8-4-2-5-9-15)16-10-6-3-7-11-16/h2-11,17-21,26H,12-14H2,1H3. The Morgan fingerprint density at radius 3 is 1.89 bits per heavy atom. The summed E-state index contributed by atoms with van der Waals surface area (Å²) in [6.07, 6.45) is 2.97. The molecule has 0 spiro atoms. The van der Waals surface area contributed by atoms with Gasteiger partial charge in [-0.1, -0.05) is 60.7 Å². The van der Waals surface area contributed by atoms with E-state index in [1.807, 2.05) is 36.4 Å². The van der Waals surface area contributed by atoms with Crippen LogP contribution in [0.5, 0.6) is 0 Å². The van der Waals surface area contributed by atoms with Crippen LogP contribution in [-0.2, 0) is 15.1 Å². The molecule has 2 saturated heterocycles. The first-order chi connectivity index (χ1) is 13.1. The molecule has 3 aliphatic rings. The topological polar surface area (TPSA) is 49.8 Å². The van der Waals surface area contributed by atoms with E-state index < -0.39 is 11.6 Å². The van der Waals surface area contributed by atoms with Gasteiger partial charge in [0.05, 0.1) is 0 Å². The van der Waals surface area contributed by atoms with Gasteiger partial charge in [0.2, 0.25) is 5.60 Å². The predicted molar refractivity (Wildman–Crippen MR) is 102 cm³/mol. The van der Waals surface area contributed by atoms with Gasteiger partial charge in [0, 0.05) is 24.9 Å². The lowest BCUT2D eigenvalue weighted by molar-refractivity contribution is -0.171. The van der Waals surface area contributed by atoms with E-state index in [1.165, 1.54) is 6.42 Å². The van der Waals surface area contributed by atoms with Crippen LogP contribution < -0.4 is 0 Å². The molecule has 2 aromatic carbocycles. The van der Waals surface area contributed by atoms with Crippen LogP contribution in [0.2, 0.25) is 0 Å². The third kappa shape index (κ3) is 2.62. The normalized spacial score (nSPS) is 32.0. The zero-order chi connectivity index (χ0) is 18.6. The maximum absolute atomic E-state index is 13.3.